The third-order valence-electron chi connectivity index (χ3n) is 7.48. The molecule has 2 amide bonds. The van der Waals surface area contributed by atoms with Gasteiger partial charge in [-0.2, -0.15) is 0 Å². The van der Waals surface area contributed by atoms with Gasteiger partial charge in [-0.3, -0.25) is 9.59 Å². The predicted octanol–water partition coefficient (Wildman–Crippen LogP) is 6.24. The summed E-state index contributed by atoms with van der Waals surface area (Å²) >= 11 is 1.68. The molecule has 37 heavy (non-hydrogen) atoms. The van der Waals surface area contributed by atoms with Crippen LogP contribution in [0.3, 0.4) is 0 Å². The largest absolute Gasteiger partial charge is 0.493 e. The number of rotatable bonds is 15. The number of aryl methyl sites for hydroxylation is 1. The lowest BCUT2D eigenvalue weighted by Crippen LogP contribution is -2.43. The van der Waals surface area contributed by atoms with Gasteiger partial charge in [-0.25, -0.2) is 0 Å². The Morgan fingerprint density at radius 1 is 1.00 bits per heavy atom. The van der Waals surface area contributed by atoms with Gasteiger partial charge in [0.2, 0.25) is 11.8 Å². The second kappa shape index (κ2) is 15.0. The maximum atomic E-state index is 13.7. The van der Waals surface area contributed by atoms with Gasteiger partial charge in [-0.05, 0) is 66.8 Å². The summed E-state index contributed by atoms with van der Waals surface area (Å²) in [4.78, 5) is 31.7. The smallest absolute Gasteiger partial charge is 0.242 e. The Bertz CT molecular complexity index is 999. The molecule has 0 unspecified atom stereocenters. The zero-order valence-corrected chi connectivity index (χ0v) is 23.9. The van der Waals surface area contributed by atoms with Crippen molar-refractivity contribution in [3.05, 3.63) is 45.6 Å². The lowest BCUT2D eigenvalue weighted by Gasteiger charge is -2.28. The highest BCUT2D eigenvalue weighted by molar-refractivity contribution is 7.10. The van der Waals surface area contributed by atoms with Crippen molar-refractivity contribution in [1.29, 1.82) is 0 Å². The van der Waals surface area contributed by atoms with Crippen LogP contribution in [-0.2, 0) is 22.6 Å². The number of ether oxygens (including phenoxy) is 2. The third-order valence-corrected chi connectivity index (χ3v) is 8.48. The van der Waals surface area contributed by atoms with Gasteiger partial charge in [0.25, 0.3) is 0 Å². The number of thiophene rings is 1. The molecule has 1 heterocycles. The van der Waals surface area contributed by atoms with E-state index in [0.717, 1.165) is 24.8 Å². The van der Waals surface area contributed by atoms with Crippen molar-refractivity contribution in [2.24, 2.45) is 5.92 Å². The Balaban J connectivity index is 1.69. The van der Waals surface area contributed by atoms with Crippen LogP contribution < -0.4 is 9.47 Å². The SMILES string of the molecule is CCCCN(CC(=O)N(CCc1ccc(OC)c(OC)c1)Cc1sccc1C)C(=O)CCC1CCCC1. The maximum absolute atomic E-state index is 13.7. The summed E-state index contributed by atoms with van der Waals surface area (Å²) < 4.78 is 10.8. The van der Waals surface area contributed by atoms with Crippen molar-refractivity contribution in [2.45, 2.75) is 78.2 Å². The molecule has 0 bridgehead atoms. The summed E-state index contributed by atoms with van der Waals surface area (Å²) in [6.07, 6.45) is 9.17. The van der Waals surface area contributed by atoms with E-state index in [9.17, 15) is 9.59 Å². The Morgan fingerprint density at radius 3 is 2.41 bits per heavy atom. The zero-order chi connectivity index (χ0) is 26.6. The lowest BCUT2D eigenvalue weighted by atomic mass is 10.0. The molecule has 3 rings (SSSR count). The molecule has 0 saturated heterocycles. The number of carbonyl (C=O) groups is 2. The second-order valence-corrected chi connectivity index (χ2v) is 11.1. The number of unbranched alkanes of at least 4 members (excludes halogenated alkanes) is 1. The molecule has 2 aromatic rings. The molecule has 1 aromatic carbocycles. The van der Waals surface area contributed by atoms with Crippen LogP contribution in [0.4, 0.5) is 0 Å². The molecule has 1 fully saturated rings. The van der Waals surface area contributed by atoms with Crippen molar-refractivity contribution in [1.82, 2.24) is 9.80 Å². The number of carbonyl (C=O) groups excluding carboxylic acids is 2. The molecular formula is C30H44N2O4S. The molecule has 0 atom stereocenters. The fourth-order valence-electron chi connectivity index (χ4n) is 5.02. The van der Waals surface area contributed by atoms with Crippen molar-refractivity contribution in [2.75, 3.05) is 33.9 Å². The summed E-state index contributed by atoms with van der Waals surface area (Å²) in [6, 6.07) is 7.98. The average molecular weight is 529 g/mol. The van der Waals surface area contributed by atoms with Crippen molar-refractivity contribution in [3.63, 3.8) is 0 Å². The molecule has 0 radical (unpaired) electrons. The summed E-state index contributed by atoms with van der Waals surface area (Å²) in [5.74, 6) is 2.19. The van der Waals surface area contributed by atoms with E-state index in [1.807, 2.05) is 28.0 Å². The number of amides is 2. The second-order valence-electron chi connectivity index (χ2n) is 10.1. The first kappa shape index (κ1) is 29.0. The van der Waals surface area contributed by atoms with Crippen LogP contribution in [0.15, 0.2) is 29.6 Å². The molecule has 1 saturated carbocycles. The van der Waals surface area contributed by atoms with E-state index in [0.29, 0.717) is 49.9 Å². The number of hydrogen-bond acceptors (Lipinski definition) is 5. The number of hydrogen-bond donors (Lipinski definition) is 0. The van der Waals surface area contributed by atoms with Crippen LogP contribution in [-0.4, -0.2) is 55.5 Å². The van der Waals surface area contributed by atoms with Gasteiger partial charge in [-0.1, -0.05) is 45.1 Å². The van der Waals surface area contributed by atoms with Gasteiger partial charge >= 0.3 is 0 Å². The molecule has 0 N–H and O–H groups in total. The maximum Gasteiger partial charge on any atom is 0.242 e. The Labute approximate surface area is 226 Å². The van der Waals surface area contributed by atoms with Crippen LogP contribution in [0.25, 0.3) is 0 Å². The van der Waals surface area contributed by atoms with E-state index < -0.39 is 0 Å². The fraction of sp³-hybridized carbons (Fsp3) is 0.600. The highest BCUT2D eigenvalue weighted by atomic mass is 32.1. The van der Waals surface area contributed by atoms with Crippen LogP contribution in [0.2, 0.25) is 0 Å². The molecule has 6 nitrogen and oxygen atoms in total. The summed E-state index contributed by atoms with van der Waals surface area (Å²) in [5, 5.41) is 2.07. The fourth-order valence-corrected chi connectivity index (χ4v) is 5.94. The minimum atomic E-state index is 0.0126. The first-order valence-electron chi connectivity index (χ1n) is 13.7. The van der Waals surface area contributed by atoms with Crippen LogP contribution in [0.1, 0.15) is 74.3 Å². The average Bonchev–Trinajstić information content (AvgIpc) is 3.58. The van der Waals surface area contributed by atoms with E-state index in [2.05, 4.69) is 25.3 Å². The van der Waals surface area contributed by atoms with E-state index in [-0.39, 0.29) is 18.4 Å². The van der Waals surface area contributed by atoms with Crippen LogP contribution in [0, 0.1) is 12.8 Å². The summed E-state index contributed by atoms with van der Waals surface area (Å²) in [6.45, 7) is 6.14. The molecule has 1 aliphatic carbocycles. The van der Waals surface area contributed by atoms with Gasteiger partial charge in [0.15, 0.2) is 11.5 Å². The van der Waals surface area contributed by atoms with Crippen molar-refractivity contribution >= 4 is 23.2 Å². The quantitative estimate of drug-likeness (QED) is 0.274. The van der Waals surface area contributed by atoms with Crippen molar-refractivity contribution < 1.29 is 19.1 Å². The Kier molecular flexibility index (Phi) is 11.8. The number of nitrogens with zero attached hydrogens (tertiary/aromatic N) is 2. The Hall–Kier alpha value is -2.54. The van der Waals surface area contributed by atoms with E-state index in [1.54, 1.807) is 25.6 Å². The standard InChI is InChI=1S/C30H44N2O4S/c1-5-6-17-31(29(33)14-12-24-9-7-8-10-24)22-30(34)32(21-28-23(2)16-19-37-28)18-15-25-11-13-26(35-3)27(20-25)36-4/h11,13,16,19-20,24H,5-10,12,14-15,17-18,21-22H2,1-4H3. The molecule has 1 aromatic heterocycles. The minimum Gasteiger partial charge on any atom is -0.493 e. The zero-order valence-electron chi connectivity index (χ0n) is 23.1. The van der Waals surface area contributed by atoms with Gasteiger partial charge in [0, 0.05) is 24.4 Å². The first-order valence-corrected chi connectivity index (χ1v) is 14.6. The Morgan fingerprint density at radius 2 is 1.76 bits per heavy atom. The lowest BCUT2D eigenvalue weighted by molar-refractivity contribution is -0.141. The van der Waals surface area contributed by atoms with Crippen LogP contribution >= 0.6 is 11.3 Å². The first-order chi connectivity index (χ1) is 17.9. The van der Waals surface area contributed by atoms with Gasteiger partial charge in [0.05, 0.1) is 27.3 Å². The van der Waals surface area contributed by atoms with Gasteiger partial charge < -0.3 is 19.3 Å². The van der Waals surface area contributed by atoms with E-state index in [1.165, 1.54) is 36.1 Å². The minimum absolute atomic E-state index is 0.0126. The normalized spacial score (nSPS) is 13.5. The highest BCUT2D eigenvalue weighted by Crippen LogP contribution is 2.29. The topological polar surface area (TPSA) is 59.1 Å². The van der Waals surface area contributed by atoms with Gasteiger partial charge in [0.1, 0.15) is 0 Å². The molecule has 1 aliphatic rings. The number of benzene rings is 1. The summed E-state index contributed by atoms with van der Waals surface area (Å²) in [7, 11) is 3.26. The predicted molar refractivity (Wildman–Crippen MR) is 150 cm³/mol. The van der Waals surface area contributed by atoms with Crippen molar-refractivity contribution in [3.8, 4) is 11.5 Å². The molecule has 0 aliphatic heterocycles. The molecule has 7 heteroatoms. The van der Waals surface area contributed by atoms with E-state index in [4.69, 9.17) is 9.47 Å². The number of methoxy groups -OCH3 is 2. The summed E-state index contributed by atoms with van der Waals surface area (Å²) in [5.41, 5.74) is 2.28. The monoisotopic (exact) mass is 528 g/mol. The molecule has 0 spiro atoms. The van der Waals surface area contributed by atoms with Gasteiger partial charge in [-0.15, -0.1) is 11.3 Å². The molecular weight excluding hydrogens is 484 g/mol. The van der Waals surface area contributed by atoms with Crippen LogP contribution in [0.5, 0.6) is 11.5 Å². The molecule has 204 valence electrons. The third kappa shape index (κ3) is 8.77. The highest BCUT2D eigenvalue weighted by Gasteiger charge is 2.24. The van der Waals surface area contributed by atoms with E-state index >= 15 is 0 Å².